The topological polar surface area (TPSA) is 89.3 Å². The first-order chi connectivity index (χ1) is 9.79. The van der Waals surface area contributed by atoms with E-state index in [4.69, 9.17) is 5.73 Å². The van der Waals surface area contributed by atoms with Crippen LogP contribution in [-0.2, 0) is 10.0 Å². The number of hydrogen-bond donors (Lipinski definition) is 2. The van der Waals surface area contributed by atoms with Gasteiger partial charge >= 0.3 is 0 Å². The summed E-state index contributed by atoms with van der Waals surface area (Å²) in [6.07, 6.45) is 0. The summed E-state index contributed by atoms with van der Waals surface area (Å²) in [6, 6.07) is 10.8. The first kappa shape index (κ1) is 15.5. The first-order valence-electron chi connectivity index (χ1n) is 5.98. The second-order valence-corrected chi connectivity index (χ2v) is 6.94. The average molecular weight is 369 g/mol. The second-order valence-electron chi connectivity index (χ2n) is 4.43. The van der Waals surface area contributed by atoms with Gasteiger partial charge < -0.3 is 5.73 Å². The summed E-state index contributed by atoms with van der Waals surface area (Å²) in [5, 5.41) is 0. The molecule has 0 amide bonds. The SMILES string of the molecule is CC(=O)c1cccc(NS(=O)(=O)c2cc(N)ccc2Br)c1. The zero-order chi connectivity index (χ0) is 15.6. The molecule has 2 aromatic carbocycles. The van der Waals surface area contributed by atoms with Gasteiger partial charge in [0.25, 0.3) is 10.0 Å². The van der Waals surface area contributed by atoms with Gasteiger partial charge in [-0.1, -0.05) is 12.1 Å². The number of sulfonamides is 1. The van der Waals surface area contributed by atoms with Crippen molar-refractivity contribution in [1.29, 1.82) is 0 Å². The van der Waals surface area contributed by atoms with Gasteiger partial charge in [0, 0.05) is 21.4 Å². The van der Waals surface area contributed by atoms with Gasteiger partial charge in [0.1, 0.15) is 4.90 Å². The number of nitrogens with one attached hydrogen (secondary N) is 1. The number of hydrogen-bond acceptors (Lipinski definition) is 4. The van der Waals surface area contributed by atoms with E-state index in [1.807, 2.05) is 0 Å². The molecule has 0 saturated carbocycles. The Morgan fingerprint density at radius 3 is 2.57 bits per heavy atom. The lowest BCUT2D eigenvalue weighted by atomic mass is 10.1. The zero-order valence-electron chi connectivity index (χ0n) is 11.1. The molecule has 0 radical (unpaired) electrons. The molecule has 0 bridgehead atoms. The van der Waals surface area contributed by atoms with Crippen LogP contribution in [0.5, 0.6) is 0 Å². The van der Waals surface area contributed by atoms with Crippen LogP contribution in [-0.4, -0.2) is 14.2 Å². The molecule has 2 aromatic rings. The van der Waals surface area contributed by atoms with Crippen LogP contribution < -0.4 is 10.5 Å². The van der Waals surface area contributed by atoms with Crippen molar-refractivity contribution in [2.24, 2.45) is 0 Å². The monoisotopic (exact) mass is 368 g/mol. The summed E-state index contributed by atoms with van der Waals surface area (Å²) in [7, 11) is -3.80. The minimum atomic E-state index is -3.80. The lowest BCUT2D eigenvalue weighted by Crippen LogP contribution is -2.14. The molecular formula is C14H13BrN2O3S. The van der Waals surface area contributed by atoms with Crippen molar-refractivity contribution in [2.45, 2.75) is 11.8 Å². The van der Waals surface area contributed by atoms with Crippen molar-refractivity contribution in [3.63, 3.8) is 0 Å². The largest absolute Gasteiger partial charge is 0.399 e. The minimum absolute atomic E-state index is 0.0377. The number of carbonyl (C=O) groups excluding carboxylic acids is 1. The van der Waals surface area contributed by atoms with E-state index in [1.54, 1.807) is 30.3 Å². The highest BCUT2D eigenvalue weighted by Crippen LogP contribution is 2.26. The van der Waals surface area contributed by atoms with Gasteiger partial charge in [0.05, 0.1) is 0 Å². The van der Waals surface area contributed by atoms with Gasteiger partial charge in [-0.25, -0.2) is 8.42 Å². The van der Waals surface area contributed by atoms with Crippen LogP contribution in [0.1, 0.15) is 17.3 Å². The van der Waals surface area contributed by atoms with Gasteiger partial charge in [-0.15, -0.1) is 0 Å². The molecule has 0 aliphatic heterocycles. The Kier molecular flexibility index (Phi) is 4.34. The molecule has 0 unspecified atom stereocenters. The third-order valence-electron chi connectivity index (χ3n) is 2.77. The number of ketones is 1. The van der Waals surface area contributed by atoms with Crippen LogP contribution in [0.2, 0.25) is 0 Å². The number of rotatable bonds is 4. The number of carbonyl (C=O) groups is 1. The Bertz CT molecular complexity index is 804. The summed E-state index contributed by atoms with van der Waals surface area (Å²) in [6.45, 7) is 1.42. The molecule has 0 spiro atoms. The highest BCUT2D eigenvalue weighted by atomic mass is 79.9. The van der Waals surface area contributed by atoms with Crippen LogP contribution in [0.25, 0.3) is 0 Å². The predicted molar refractivity (Wildman–Crippen MR) is 85.8 cm³/mol. The molecule has 5 nitrogen and oxygen atoms in total. The van der Waals surface area contributed by atoms with Gasteiger partial charge in [0.15, 0.2) is 5.78 Å². The molecule has 21 heavy (non-hydrogen) atoms. The maximum Gasteiger partial charge on any atom is 0.263 e. The van der Waals surface area contributed by atoms with E-state index >= 15 is 0 Å². The lowest BCUT2D eigenvalue weighted by Gasteiger charge is -2.11. The fourth-order valence-electron chi connectivity index (χ4n) is 1.74. The predicted octanol–water partition coefficient (Wildman–Crippen LogP) is 3.03. The van der Waals surface area contributed by atoms with Crippen LogP contribution in [0.4, 0.5) is 11.4 Å². The van der Waals surface area contributed by atoms with Crippen LogP contribution in [0, 0.1) is 0 Å². The van der Waals surface area contributed by atoms with Crippen molar-refractivity contribution in [3.8, 4) is 0 Å². The Balaban J connectivity index is 2.40. The molecule has 0 aromatic heterocycles. The molecule has 0 aliphatic rings. The van der Waals surface area contributed by atoms with E-state index in [1.165, 1.54) is 19.1 Å². The molecule has 2 rings (SSSR count). The van der Waals surface area contributed by atoms with Crippen molar-refractivity contribution >= 4 is 43.1 Å². The second kappa shape index (κ2) is 5.87. The number of benzene rings is 2. The fourth-order valence-corrected chi connectivity index (χ4v) is 3.79. The third-order valence-corrected chi connectivity index (χ3v) is 5.14. The minimum Gasteiger partial charge on any atom is -0.399 e. The zero-order valence-corrected chi connectivity index (χ0v) is 13.5. The van der Waals surface area contributed by atoms with Crippen molar-refractivity contribution in [1.82, 2.24) is 0 Å². The highest BCUT2D eigenvalue weighted by molar-refractivity contribution is 9.10. The Morgan fingerprint density at radius 1 is 1.19 bits per heavy atom. The number of anilines is 2. The third kappa shape index (κ3) is 3.62. The van der Waals surface area contributed by atoms with Gasteiger partial charge in [-0.3, -0.25) is 9.52 Å². The summed E-state index contributed by atoms with van der Waals surface area (Å²) in [5.74, 6) is -0.138. The molecule has 0 heterocycles. The van der Waals surface area contributed by atoms with Crippen LogP contribution >= 0.6 is 15.9 Å². The van der Waals surface area contributed by atoms with Crippen molar-refractivity contribution < 1.29 is 13.2 Å². The molecule has 7 heteroatoms. The van der Waals surface area contributed by atoms with E-state index in [-0.39, 0.29) is 10.7 Å². The standard InChI is InChI=1S/C14H13BrN2O3S/c1-9(18)10-3-2-4-12(7-10)17-21(19,20)14-8-11(16)5-6-13(14)15/h2-8,17H,16H2,1H3. The molecule has 3 N–H and O–H groups in total. The number of Topliss-reactive ketones (excluding diaryl/α,β-unsaturated/α-hetero) is 1. The van der Waals surface area contributed by atoms with E-state index in [2.05, 4.69) is 20.7 Å². The molecule has 0 aliphatic carbocycles. The Labute approximate surface area is 131 Å². The van der Waals surface area contributed by atoms with Crippen molar-refractivity contribution in [3.05, 3.63) is 52.5 Å². The van der Waals surface area contributed by atoms with E-state index < -0.39 is 10.0 Å². The maximum atomic E-state index is 12.4. The summed E-state index contributed by atoms with van der Waals surface area (Å²) < 4.78 is 27.6. The number of halogens is 1. The number of nitrogen functional groups attached to an aromatic ring is 1. The Morgan fingerprint density at radius 2 is 1.90 bits per heavy atom. The Hall–Kier alpha value is -1.86. The lowest BCUT2D eigenvalue weighted by molar-refractivity contribution is 0.101. The molecular weight excluding hydrogens is 356 g/mol. The smallest absolute Gasteiger partial charge is 0.263 e. The van der Waals surface area contributed by atoms with E-state index in [0.29, 0.717) is 21.4 Å². The molecule has 0 fully saturated rings. The quantitative estimate of drug-likeness (QED) is 0.640. The normalized spacial score (nSPS) is 11.1. The average Bonchev–Trinajstić information content (AvgIpc) is 2.41. The molecule has 110 valence electrons. The van der Waals surface area contributed by atoms with Gasteiger partial charge in [-0.05, 0) is 53.2 Å². The van der Waals surface area contributed by atoms with Crippen molar-refractivity contribution in [2.75, 3.05) is 10.5 Å². The maximum absolute atomic E-state index is 12.4. The fraction of sp³-hybridized carbons (Fsp3) is 0.0714. The highest BCUT2D eigenvalue weighted by Gasteiger charge is 2.18. The summed E-state index contributed by atoms with van der Waals surface area (Å²) >= 11 is 3.19. The van der Waals surface area contributed by atoms with E-state index in [0.717, 1.165) is 0 Å². The summed E-state index contributed by atoms with van der Waals surface area (Å²) in [5.41, 5.74) is 6.72. The van der Waals surface area contributed by atoms with Gasteiger partial charge in [0.2, 0.25) is 0 Å². The first-order valence-corrected chi connectivity index (χ1v) is 8.26. The number of nitrogens with two attached hydrogens (primary N) is 1. The molecule has 0 saturated heterocycles. The summed E-state index contributed by atoms with van der Waals surface area (Å²) in [4.78, 5) is 11.4. The molecule has 0 atom stereocenters. The van der Waals surface area contributed by atoms with Crippen LogP contribution in [0.3, 0.4) is 0 Å². The van der Waals surface area contributed by atoms with Crippen LogP contribution in [0.15, 0.2) is 51.8 Å². The van der Waals surface area contributed by atoms with E-state index in [9.17, 15) is 13.2 Å². The van der Waals surface area contributed by atoms with Gasteiger partial charge in [-0.2, -0.15) is 0 Å².